The second-order valence-corrected chi connectivity index (χ2v) is 3.84. The van der Waals surface area contributed by atoms with Gasteiger partial charge in [-0.2, -0.15) is 5.10 Å². The minimum atomic E-state index is -0.734. The second-order valence-electron chi connectivity index (χ2n) is 3.84. The van der Waals surface area contributed by atoms with Gasteiger partial charge in [0, 0.05) is 18.5 Å². The number of nitrogens with zero attached hydrogens (tertiary/aromatic N) is 3. The molecule has 7 heteroatoms. The Morgan fingerprint density at radius 2 is 2.00 bits per heavy atom. The molecule has 0 saturated carbocycles. The number of esters is 1. The highest BCUT2D eigenvalue weighted by Crippen LogP contribution is 2.28. The molecule has 1 aromatic carbocycles. The number of carbonyl (C=O) groups is 1. The number of nitro groups is 1. The van der Waals surface area contributed by atoms with Gasteiger partial charge in [0.05, 0.1) is 23.2 Å². The van der Waals surface area contributed by atoms with Gasteiger partial charge in [0.15, 0.2) is 0 Å². The molecular weight excluding hydrogens is 262 g/mol. The SMILES string of the molecule is CC.COC(=O)c1cc2c(cc1[N+](=O)[O-])c(C)nn2C. The molecule has 0 fully saturated rings. The zero-order valence-corrected chi connectivity index (χ0v) is 12.1. The van der Waals surface area contributed by atoms with Crippen LogP contribution in [0.3, 0.4) is 0 Å². The first-order valence-electron chi connectivity index (χ1n) is 6.15. The largest absolute Gasteiger partial charge is 0.465 e. The third-order valence-corrected chi connectivity index (χ3v) is 2.75. The lowest BCUT2D eigenvalue weighted by Gasteiger charge is -2.02. The van der Waals surface area contributed by atoms with Crippen molar-refractivity contribution in [3.8, 4) is 0 Å². The van der Waals surface area contributed by atoms with Gasteiger partial charge >= 0.3 is 5.97 Å². The van der Waals surface area contributed by atoms with Crippen molar-refractivity contribution in [3.63, 3.8) is 0 Å². The maximum atomic E-state index is 11.5. The van der Waals surface area contributed by atoms with Crippen LogP contribution in [0, 0.1) is 17.0 Å². The molecule has 0 amide bonds. The van der Waals surface area contributed by atoms with Crippen molar-refractivity contribution in [2.24, 2.45) is 7.05 Å². The summed E-state index contributed by atoms with van der Waals surface area (Å²) in [5.41, 5.74) is 0.981. The van der Waals surface area contributed by atoms with E-state index in [9.17, 15) is 14.9 Å². The number of hydrogen-bond acceptors (Lipinski definition) is 5. The van der Waals surface area contributed by atoms with Crippen LogP contribution in [-0.2, 0) is 11.8 Å². The highest BCUT2D eigenvalue weighted by Gasteiger charge is 2.23. The average Bonchev–Trinajstić information content (AvgIpc) is 2.73. The van der Waals surface area contributed by atoms with E-state index in [0.29, 0.717) is 16.6 Å². The summed E-state index contributed by atoms with van der Waals surface area (Å²) < 4.78 is 6.12. The maximum Gasteiger partial charge on any atom is 0.344 e. The van der Waals surface area contributed by atoms with Crippen molar-refractivity contribution >= 4 is 22.6 Å². The van der Waals surface area contributed by atoms with Gasteiger partial charge in [0.25, 0.3) is 5.69 Å². The van der Waals surface area contributed by atoms with Crippen LogP contribution in [0.1, 0.15) is 29.9 Å². The Morgan fingerprint density at radius 3 is 2.50 bits per heavy atom. The number of ether oxygens (including phenoxy) is 1. The molecule has 0 aliphatic carbocycles. The Morgan fingerprint density at radius 1 is 1.40 bits per heavy atom. The average molecular weight is 279 g/mol. The summed E-state index contributed by atoms with van der Waals surface area (Å²) in [6.07, 6.45) is 0. The van der Waals surface area contributed by atoms with E-state index in [1.165, 1.54) is 19.2 Å². The van der Waals surface area contributed by atoms with Crippen LogP contribution in [0.15, 0.2) is 12.1 Å². The summed E-state index contributed by atoms with van der Waals surface area (Å²) in [6.45, 7) is 5.75. The number of fused-ring (bicyclic) bond motifs is 1. The summed E-state index contributed by atoms with van der Waals surface area (Å²) in [4.78, 5) is 21.9. The molecule has 2 aromatic rings. The molecule has 1 aromatic heterocycles. The quantitative estimate of drug-likeness (QED) is 0.479. The normalized spacial score (nSPS) is 9.85. The molecule has 108 valence electrons. The predicted molar refractivity (Wildman–Crippen MR) is 74.8 cm³/mol. The van der Waals surface area contributed by atoms with Crippen LogP contribution in [0.5, 0.6) is 0 Å². The number of hydrogen-bond donors (Lipinski definition) is 0. The van der Waals surface area contributed by atoms with Crippen LogP contribution < -0.4 is 0 Å². The zero-order chi connectivity index (χ0) is 15.4. The Labute approximate surface area is 116 Å². The molecule has 2 rings (SSSR count). The topological polar surface area (TPSA) is 87.3 Å². The fraction of sp³-hybridized carbons (Fsp3) is 0.385. The van der Waals surface area contributed by atoms with Gasteiger partial charge in [0.1, 0.15) is 5.56 Å². The molecule has 7 nitrogen and oxygen atoms in total. The molecule has 0 aliphatic rings. The molecule has 20 heavy (non-hydrogen) atoms. The minimum absolute atomic E-state index is 0.0713. The lowest BCUT2D eigenvalue weighted by atomic mass is 10.1. The number of rotatable bonds is 2. The Bertz CT molecular complexity index is 661. The standard InChI is InChI=1S/C11H11N3O4.C2H6/c1-6-7-4-10(14(16)17)8(11(15)18-3)5-9(7)13(2)12-6;1-2/h4-5H,1-3H3;1-2H3. The molecule has 0 atom stereocenters. The molecule has 0 bridgehead atoms. The third kappa shape index (κ3) is 2.61. The Hall–Kier alpha value is -2.44. The molecule has 1 heterocycles. The molecule has 0 aliphatic heterocycles. The van der Waals surface area contributed by atoms with E-state index in [2.05, 4.69) is 9.84 Å². The Kier molecular flexibility index (Phi) is 4.79. The third-order valence-electron chi connectivity index (χ3n) is 2.75. The maximum absolute atomic E-state index is 11.5. The fourth-order valence-electron chi connectivity index (χ4n) is 1.89. The summed E-state index contributed by atoms with van der Waals surface area (Å²) in [5.74, 6) is -0.734. The number of benzene rings is 1. The van der Waals surface area contributed by atoms with Gasteiger partial charge < -0.3 is 4.74 Å². The van der Waals surface area contributed by atoms with Crippen LogP contribution in [0.2, 0.25) is 0 Å². The van der Waals surface area contributed by atoms with E-state index in [0.717, 1.165) is 0 Å². The summed E-state index contributed by atoms with van der Waals surface area (Å²) in [7, 11) is 2.90. The van der Waals surface area contributed by atoms with Crippen LogP contribution in [0.25, 0.3) is 10.9 Å². The molecule has 0 N–H and O–H groups in total. The predicted octanol–water partition coefficient (Wildman–Crippen LogP) is 2.60. The molecule has 0 saturated heterocycles. The first-order chi connectivity index (χ1) is 9.45. The van der Waals surface area contributed by atoms with Gasteiger partial charge in [-0.3, -0.25) is 14.8 Å². The van der Waals surface area contributed by atoms with E-state index < -0.39 is 10.9 Å². The van der Waals surface area contributed by atoms with Gasteiger partial charge in [-0.05, 0) is 13.0 Å². The lowest BCUT2D eigenvalue weighted by molar-refractivity contribution is -0.385. The number of aromatic nitrogens is 2. The highest BCUT2D eigenvalue weighted by molar-refractivity contribution is 5.99. The number of carbonyl (C=O) groups excluding carboxylic acids is 1. The van der Waals surface area contributed by atoms with Crippen molar-refractivity contribution in [3.05, 3.63) is 33.5 Å². The first-order valence-corrected chi connectivity index (χ1v) is 6.15. The first kappa shape index (κ1) is 15.6. The summed E-state index contributed by atoms with van der Waals surface area (Å²) >= 11 is 0. The van der Waals surface area contributed by atoms with Gasteiger partial charge in [-0.1, -0.05) is 13.8 Å². The number of aryl methyl sites for hydroxylation is 2. The van der Waals surface area contributed by atoms with E-state index in [1.54, 1.807) is 18.7 Å². The van der Waals surface area contributed by atoms with Gasteiger partial charge in [-0.15, -0.1) is 0 Å². The lowest BCUT2D eigenvalue weighted by Crippen LogP contribution is -2.06. The molecule has 0 radical (unpaired) electrons. The zero-order valence-electron chi connectivity index (χ0n) is 12.1. The summed E-state index contributed by atoms with van der Waals surface area (Å²) in [6, 6.07) is 2.78. The second kappa shape index (κ2) is 6.14. The summed E-state index contributed by atoms with van der Waals surface area (Å²) in [5, 5.41) is 15.8. The fourth-order valence-corrected chi connectivity index (χ4v) is 1.89. The van der Waals surface area contributed by atoms with Crippen LogP contribution in [-0.4, -0.2) is 27.8 Å². The van der Waals surface area contributed by atoms with E-state index >= 15 is 0 Å². The molecule has 0 spiro atoms. The molecular formula is C13H17N3O4. The number of nitro benzene ring substituents is 1. The highest BCUT2D eigenvalue weighted by atomic mass is 16.6. The number of methoxy groups -OCH3 is 1. The smallest absolute Gasteiger partial charge is 0.344 e. The van der Waals surface area contributed by atoms with Crippen molar-refractivity contribution in [1.82, 2.24) is 9.78 Å². The van der Waals surface area contributed by atoms with Crippen molar-refractivity contribution < 1.29 is 14.5 Å². The van der Waals surface area contributed by atoms with Gasteiger partial charge in [0.2, 0.25) is 0 Å². The van der Waals surface area contributed by atoms with E-state index in [4.69, 9.17) is 0 Å². The van der Waals surface area contributed by atoms with Crippen LogP contribution >= 0.6 is 0 Å². The van der Waals surface area contributed by atoms with Gasteiger partial charge in [-0.25, -0.2) is 4.79 Å². The minimum Gasteiger partial charge on any atom is -0.465 e. The van der Waals surface area contributed by atoms with Crippen LogP contribution in [0.4, 0.5) is 5.69 Å². The van der Waals surface area contributed by atoms with E-state index in [-0.39, 0.29) is 11.3 Å². The van der Waals surface area contributed by atoms with Crippen molar-refractivity contribution in [2.45, 2.75) is 20.8 Å². The van der Waals surface area contributed by atoms with E-state index in [1.807, 2.05) is 13.8 Å². The Balaban J connectivity index is 0.000000956. The monoisotopic (exact) mass is 279 g/mol. The van der Waals surface area contributed by atoms with Crippen molar-refractivity contribution in [2.75, 3.05) is 7.11 Å². The van der Waals surface area contributed by atoms with Crippen molar-refractivity contribution in [1.29, 1.82) is 0 Å². The molecule has 0 unspecified atom stereocenters.